The highest BCUT2D eigenvalue weighted by atomic mass is 35.5. The van der Waals surface area contributed by atoms with Gasteiger partial charge in [0.25, 0.3) is 5.69 Å². The van der Waals surface area contributed by atoms with Crippen molar-refractivity contribution in [2.24, 2.45) is 10.2 Å². The van der Waals surface area contributed by atoms with Crippen LogP contribution in [0, 0.1) is 10.1 Å². The highest BCUT2D eigenvalue weighted by molar-refractivity contribution is 7.89. The molecule has 0 spiro atoms. The van der Waals surface area contributed by atoms with Gasteiger partial charge in [-0.3, -0.25) is 15.5 Å². The van der Waals surface area contributed by atoms with Gasteiger partial charge in [-0.2, -0.15) is 5.10 Å². The number of nitro benzene ring substituents is 1. The van der Waals surface area contributed by atoms with Gasteiger partial charge in [0.2, 0.25) is 10.0 Å². The standard InChI is InChI=1S/C14H13ClN4O4S/c1-9(10-2-4-11(15)5-3-10)17-18-13-7-6-12(24(16,22)23)8-14(13)19(20)21/h2-8,18H,1H3,(H2,16,22,23). The summed E-state index contributed by atoms with van der Waals surface area (Å²) in [5.74, 6) is 0. The molecule has 0 atom stereocenters. The van der Waals surface area contributed by atoms with Crippen molar-refractivity contribution in [1.29, 1.82) is 0 Å². The van der Waals surface area contributed by atoms with Crippen LogP contribution >= 0.6 is 11.6 Å². The zero-order chi connectivity index (χ0) is 17.9. The lowest BCUT2D eigenvalue weighted by Crippen LogP contribution is -2.12. The van der Waals surface area contributed by atoms with Crippen molar-refractivity contribution in [3.63, 3.8) is 0 Å². The van der Waals surface area contributed by atoms with E-state index in [2.05, 4.69) is 10.5 Å². The number of hydrogen-bond donors (Lipinski definition) is 2. The second-order valence-corrected chi connectivity index (χ2v) is 6.79. The van der Waals surface area contributed by atoms with Gasteiger partial charge in [-0.1, -0.05) is 23.7 Å². The number of nitrogens with zero attached hydrogens (tertiary/aromatic N) is 2. The fraction of sp³-hybridized carbons (Fsp3) is 0.0714. The highest BCUT2D eigenvalue weighted by Crippen LogP contribution is 2.27. The van der Waals surface area contributed by atoms with Crippen LogP contribution in [0.5, 0.6) is 0 Å². The third-order valence-corrected chi connectivity index (χ3v) is 4.26. The molecular weight excluding hydrogens is 356 g/mol. The van der Waals surface area contributed by atoms with Gasteiger partial charge in [-0.25, -0.2) is 13.6 Å². The quantitative estimate of drug-likeness (QED) is 0.476. The van der Waals surface area contributed by atoms with Crippen LogP contribution in [-0.4, -0.2) is 19.1 Å². The third kappa shape index (κ3) is 4.28. The Kier molecular flexibility index (Phi) is 5.17. The zero-order valence-corrected chi connectivity index (χ0v) is 14.0. The maximum Gasteiger partial charge on any atom is 0.295 e. The van der Waals surface area contributed by atoms with Crippen LogP contribution in [0.1, 0.15) is 12.5 Å². The summed E-state index contributed by atoms with van der Waals surface area (Å²) in [5.41, 5.74) is 3.50. The van der Waals surface area contributed by atoms with Gasteiger partial charge in [-0.05, 0) is 36.8 Å². The Morgan fingerprint density at radius 2 is 1.88 bits per heavy atom. The maximum absolute atomic E-state index is 11.3. The lowest BCUT2D eigenvalue weighted by atomic mass is 10.1. The zero-order valence-electron chi connectivity index (χ0n) is 12.4. The molecule has 0 amide bonds. The van der Waals surface area contributed by atoms with E-state index in [9.17, 15) is 18.5 Å². The summed E-state index contributed by atoms with van der Waals surface area (Å²) >= 11 is 5.81. The Hall–Kier alpha value is -2.49. The van der Waals surface area contributed by atoms with Crippen LogP contribution in [0.25, 0.3) is 0 Å². The number of halogens is 1. The average molecular weight is 369 g/mol. The van der Waals surface area contributed by atoms with Crippen molar-refractivity contribution in [1.82, 2.24) is 0 Å². The highest BCUT2D eigenvalue weighted by Gasteiger charge is 2.18. The summed E-state index contributed by atoms with van der Waals surface area (Å²) in [5, 5.41) is 20.7. The molecule has 0 fully saturated rings. The SMILES string of the molecule is CC(=NNc1ccc(S(N)(=O)=O)cc1[N+](=O)[O-])c1ccc(Cl)cc1. The summed E-state index contributed by atoms with van der Waals surface area (Å²) < 4.78 is 22.6. The molecule has 0 bridgehead atoms. The number of hydrazone groups is 1. The van der Waals surface area contributed by atoms with E-state index in [1.54, 1.807) is 31.2 Å². The number of primary sulfonamides is 1. The van der Waals surface area contributed by atoms with E-state index < -0.39 is 20.6 Å². The predicted octanol–water partition coefficient (Wildman–Crippen LogP) is 2.73. The molecule has 3 N–H and O–H groups in total. The molecule has 2 aromatic carbocycles. The van der Waals surface area contributed by atoms with E-state index in [0.29, 0.717) is 10.7 Å². The van der Waals surface area contributed by atoms with Crippen LogP contribution in [0.4, 0.5) is 11.4 Å². The van der Waals surface area contributed by atoms with Crippen LogP contribution in [0.15, 0.2) is 52.5 Å². The summed E-state index contributed by atoms with van der Waals surface area (Å²) in [7, 11) is -4.03. The Morgan fingerprint density at radius 1 is 1.25 bits per heavy atom. The molecule has 0 aliphatic carbocycles. The molecule has 0 heterocycles. The summed E-state index contributed by atoms with van der Waals surface area (Å²) in [6.07, 6.45) is 0. The fourth-order valence-corrected chi connectivity index (χ4v) is 2.49. The Labute approximate surface area is 143 Å². The van der Waals surface area contributed by atoms with Gasteiger partial charge in [-0.15, -0.1) is 0 Å². The van der Waals surface area contributed by atoms with Crippen LogP contribution in [0.2, 0.25) is 5.02 Å². The normalized spacial score (nSPS) is 12.0. The van der Waals surface area contributed by atoms with Crippen molar-refractivity contribution in [3.8, 4) is 0 Å². The van der Waals surface area contributed by atoms with Crippen molar-refractivity contribution in [2.45, 2.75) is 11.8 Å². The van der Waals surface area contributed by atoms with E-state index in [1.165, 1.54) is 6.07 Å². The van der Waals surface area contributed by atoms with Gasteiger partial charge >= 0.3 is 0 Å². The first-order valence-electron chi connectivity index (χ1n) is 6.56. The monoisotopic (exact) mass is 368 g/mol. The molecule has 10 heteroatoms. The number of rotatable bonds is 5. The average Bonchev–Trinajstić information content (AvgIpc) is 2.52. The number of nitro groups is 1. The second kappa shape index (κ2) is 6.95. The minimum atomic E-state index is -4.03. The van der Waals surface area contributed by atoms with Gasteiger partial charge in [0.05, 0.1) is 15.5 Å². The molecule has 2 rings (SSSR count). The number of nitrogens with two attached hydrogens (primary N) is 1. The molecular formula is C14H13ClN4O4S. The van der Waals surface area contributed by atoms with E-state index in [1.807, 2.05) is 0 Å². The van der Waals surface area contributed by atoms with E-state index in [0.717, 1.165) is 17.7 Å². The van der Waals surface area contributed by atoms with Gasteiger partial charge in [0, 0.05) is 11.1 Å². The summed E-state index contributed by atoms with van der Waals surface area (Å²) in [4.78, 5) is 10.1. The van der Waals surface area contributed by atoms with Crippen molar-refractivity contribution >= 4 is 38.7 Å². The number of hydrogen-bond acceptors (Lipinski definition) is 6. The van der Waals surface area contributed by atoms with Crippen molar-refractivity contribution < 1.29 is 13.3 Å². The summed E-state index contributed by atoms with van der Waals surface area (Å²) in [6, 6.07) is 10.2. The first-order valence-corrected chi connectivity index (χ1v) is 8.48. The van der Waals surface area contributed by atoms with Crippen LogP contribution < -0.4 is 10.6 Å². The molecule has 0 saturated carbocycles. The number of anilines is 1. The predicted molar refractivity (Wildman–Crippen MR) is 91.8 cm³/mol. The number of benzene rings is 2. The van der Waals surface area contributed by atoms with Crippen molar-refractivity contribution in [3.05, 3.63) is 63.2 Å². The molecule has 0 unspecified atom stereocenters. The Morgan fingerprint density at radius 3 is 2.42 bits per heavy atom. The number of sulfonamides is 1. The first kappa shape index (κ1) is 17.9. The molecule has 2 aromatic rings. The minimum absolute atomic E-state index is 0.0423. The van der Waals surface area contributed by atoms with Gasteiger partial charge in [0.15, 0.2) is 0 Å². The lowest BCUT2D eigenvalue weighted by Gasteiger charge is -2.06. The fourth-order valence-electron chi connectivity index (χ4n) is 1.83. The first-order chi connectivity index (χ1) is 11.2. The maximum atomic E-state index is 11.3. The van der Waals surface area contributed by atoms with E-state index >= 15 is 0 Å². The molecule has 0 saturated heterocycles. The van der Waals surface area contributed by atoms with Gasteiger partial charge < -0.3 is 0 Å². The smallest absolute Gasteiger partial charge is 0.271 e. The van der Waals surface area contributed by atoms with E-state index in [4.69, 9.17) is 16.7 Å². The second-order valence-electron chi connectivity index (χ2n) is 4.80. The molecule has 126 valence electrons. The molecule has 0 radical (unpaired) electrons. The van der Waals surface area contributed by atoms with Crippen LogP contribution in [0.3, 0.4) is 0 Å². The minimum Gasteiger partial charge on any atom is -0.271 e. The van der Waals surface area contributed by atoms with Crippen LogP contribution in [-0.2, 0) is 10.0 Å². The molecule has 0 aliphatic heterocycles. The summed E-state index contributed by atoms with van der Waals surface area (Å²) in [6.45, 7) is 1.71. The van der Waals surface area contributed by atoms with Crippen molar-refractivity contribution in [2.75, 3.05) is 5.43 Å². The molecule has 8 nitrogen and oxygen atoms in total. The lowest BCUT2D eigenvalue weighted by molar-refractivity contribution is -0.384. The largest absolute Gasteiger partial charge is 0.295 e. The number of nitrogens with one attached hydrogen (secondary N) is 1. The molecule has 24 heavy (non-hydrogen) atoms. The third-order valence-electron chi connectivity index (χ3n) is 3.10. The van der Waals surface area contributed by atoms with Gasteiger partial charge in [0.1, 0.15) is 5.69 Å². The topological polar surface area (TPSA) is 128 Å². The molecule has 0 aromatic heterocycles. The van der Waals surface area contributed by atoms with E-state index in [-0.39, 0.29) is 10.6 Å². The Bertz CT molecular complexity index is 911. The molecule has 0 aliphatic rings. The Balaban J connectivity index is 2.33.